The van der Waals surface area contributed by atoms with Crippen molar-refractivity contribution >= 4 is 45.4 Å². The van der Waals surface area contributed by atoms with Gasteiger partial charge < -0.3 is 10.4 Å². The van der Waals surface area contributed by atoms with Gasteiger partial charge in [0, 0.05) is 36.7 Å². The van der Waals surface area contributed by atoms with Crippen LogP contribution in [-0.2, 0) is 19.5 Å². The third-order valence-corrected chi connectivity index (χ3v) is 5.36. The number of nitrogens with zero attached hydrogens (tertiary/aromatic N) is 1. The van der Waals surface area contributed by atoms with Crippen molar-refractivity contribution in [1.82, 2.24) is 4.90 Å². The van der Waals surface area contributed by atoms with Gasteiger partial charge in [0.15, 0.2) is 0 Å². The molecule has 0 spiro atoms. The lowest BCUT2D eigenvalue weighted by Crippen LogP contribution is -2.26. The highest BCUT2D eigenvalue weighted by Crippen LogP contribution is 2.28. The lowest BCUT2D eigenvalue weighted by molar-refractivity contribution is 0.185. The molecule has 3 nitrogen and oxygen atoms in total. The van der Waals surface area contributed by atoms with Gasteiger partial charge in [-0.1, -0.05) is 18.2 Å². The summed E-state index contributed by atoms with van der Waals surface area (Å²) >= 11 is 5.26. The number of hydrogen-bond donors (Lipinski definition) is 2. The second kappa shape index (κ2) is 8.31. The number of aliphatic hydroxyl groups is 1. The van der Waals surface area contributed by atoms with Crippen molar-refractivity contribution in [2.75, 3.05) is 25.0 Å². The lowest BCUT2D eigenvalue weighted by Gasteiger charge is -2.22. The van der Waals surface area contributed by atoms with Crippen LogP contribution in [0.25, 0.3) is 0 Å². The molecule has 1 aliphatic heterocycles. The molecule has 0 atom stereocenters. The molecule has 0 aliphatic carbocycles. The molecule has 22 heavy (non-hydrogen) atoms. The van der Waals surface area contributed by atoms with Gasteiger partial charge in [-0.3, -0.25) is 4.90 Å². The quantitative estimate of drug-likeness (QED) is 0.768. The van der Waals surface area contributed by atoms with Gasteiger partial charge in [0.2, 0.25) is 0 Å². The van der Waals surface area contributed by atoms with E-state index in [9.17, 15) is 5.11 Å². The van der Waals surface area contributed by atoms with Crippen LogP contribution in [0.1, 0.15) is 16.0 Å². The Hall–Kier alpha value is -0.590. The SMILES string of the molecule is Cl.OCCN(Cc1ccc(Br)s1)Cc1cccc2c1NCC2. The van der Waals surface area contributed by atoms with E-state index >= 15 is 0 Å². The van der Waals surface area contributed by atoms with Gasteiger partial charge in [0.25, 0.3) is 0 Å². The largest absolute Gasteiger partial charge is 0.395 e. The normalized spacial score (nSPS) is 12.9. The Labute approximate surface area is 149 Å². The summed E-state index contributed by atoms with van der Waals surface area (Å²) in [6.45, 7) is 3.66. The fourth-order valence-corrected chi connectivity index (χ4v) is 4.32. The van der Waals surface area contributed by atoms with Crippen LogP contribution in [0, 0.1) is 0 Å². The van der Waals surface area contributed by atoms with E-state index in [2.05, 4.69) is 56.5 Å². The van der Waals surface area contributed by atoms with Crippen molar-refractivity contribution in [3.8, 4) is 0 Å². The minimum Gasteiger partial charge on any atom is -0.395 e. The highest BCUT2D eigenvalue weighted by atomic mass is 79.9. The van der Waals surface area contributed by atoms with E-state index in [0.29, 0.717) is 6.54 Å². The summed E-state index contributed by atoms with van der Waals surface area (Å²) in [5.74, 6) is 0. The summed E-state index contributed by atoms with van der Waals surface area (Å²) in [4.78, 5) is 3.62. The summed E-state index contributed by atoms with van der Waals surface area (Å²) in [7, 11) is 0. The Morgan fingerprint density at radius 3 is 2.82 bits per heavy atom. The Morgan fingerprint density at radius 1 is 1.23 bits per heavy atom. The lowest BCUT2D eigenvalue weighted by atomic mass is 10.1. The van der Waals surface area contributed by atoms with Crippen molar-refractivity contribution in [3.63, 3.8) is 0 Å². The van der Waals surface area contributed by atoms with E-state index in [0.717, 1.165) is 29.8 Å². The number of benzene rings is 1. The van der Waals surface area contributed by atoms with Crippen LogP contribution in [-0.4, -0.2) is 29.7 Å². The van der Waals surface area contributed by atoms with Gasteiger partial charge in [-0.05, 0) is 45.6 Å². The number of para-hydroxylation sites is 1. The third kappa shape index (κ3) is 4.24. The smallest absolute Gasteiger partial charge is 0.0701 e. The molecule has 2 heterocycles. The molecular weight excluding hydrogens is 384 g/mol. The van der Waals surface area contributed by atoms with E-state index in [1.807, 2.05) is 0 Å². The molecule has 1 aliphatic rings. The molecule has 0 saturated carbocycles. The molecule has 0 bridgehead atoms. The highest BCUT2D eigenvalue weighted by Gasteiger charge is 2.16. The monoisotopic (exact) mass is 402 g/mol. The fourth-order valence-electron chi connectivity index (χ4n) is 2.80. The van der Waals surface area contributed by atoms with Crippen molar-refractivity contribution in [2.24, 2.45) is 0 Å². The first-order valence-electron chi connectivity index (χ1n) is 7.18. The maximum absolute atomic E-state index is 9.33. The number of thiophene rings is 1. The van der Waals surface area contributed by atoms with Crippen LogP contribution in [0.3, 0.4) is 0 Å². The molecule has 0 fully saturated rings. The first-order chi connectivity index (χ1) is 10.3. The maximum atomic E-state index is 9.33. The van der Waals surface area contributed by atoms with E-state index in [1.165, 1.54) is 21.7 Å². The number of fused-ring (bicyclic) bond motifs is 1. The first-order valence-corrected chi connectivity index (χ1v) is 8.79. The first kappa shape index (κ1) is 17.8. The predicted octanol–water partition coefficient (Wildman–Crippen LogP) is 3.89. The minimum absolute atomic E-state index is 0. The third-order valence-electron chi connectivity index (χ3n) is 3.75. The van der Waals surface area contributed by atoms with Crippen molar-refractivity contribution in [3.05, 3.63) is 50.1 Å². The second-order valence-electron chi connectivity index (χ2n) is 5.27. The van der Waals surface area contributed by atoms with E-state index < -0.39 is 0 Å². The average molecular weight is 404 g/mol. The molecule has 1 aromatic heterocycles. The number of nitrogens with one attached hydrogen (secondary N) is 1. The Balaban J connectivity index is 0.00000176. The molecule has 6 heteroatoms. The summed E-state index contributed by atoms with van der Waals surface area (Å²) < 4.78 is 1.16. The number of rotatable bonds is 6. The molecule has 120 valence electrons. The zero-order valence-corrected chi connectivity index (χ0v) is 15.4. The maximum Gasteiger partial charge on any atom is 0.0701 e. The van der Waals surface area contributed by atoms with E-state index in [-0.39, 0.29) is 19.0 Å². The predicted molar refractivity (Wildman–Crippen MR) is 99.1 cm³/mol. The van der Waals surface area contributed by atoms with Crippen LogP contribution in [0.15, 0.2) is 34.1 Å². The van der Waals surface area contributed by atoms with Gasteiger partial charge in [0.05, 0.1) is 10.4 Å². The molecule has 0 unspecified atom stereocenters. The van der Waals surface area contributed by atoms with Crippen molar-refractivity contribution in [1.29, 1.82) is 0 Å². The van der Waals surface area contributed by atoms with Crippen LogP contribution in [0.2, 0.25) is 0 Å². The number of hydrogen-bond acceptors (Lipinski definition) is 4. The van der Waals surface area contributed by atoms with E-state index in [4.69, 9.17) is 0 Å². The number of anilines is 1. The van der Waals surface area contributed by atoms with Crippen molar-refractivity contribution < 1.29 is 5.11 Å². The van der Waals surface area contributed by atoms with Gasteiger partial charge >= 0.3 is 0 Å². The fraction of sp³-hybridized carbons (Fsp3) is 0.375. The average Bonchev–Trinajstić information content (AvgIpc) is 3.08. The van der Waals surface area contributed by atoms with Crippen LogP contribution >= 0.6 is 39.7 Å². The summed E-state index contributed by atoms with van der Waals surface area (Å²) in [5.41, 5.74) is 4.04. The molecule has 0 radical (unpaired) electrons. The second-order valence-corrected chi connectivity index (χ2v) is 7.82. The van der Waals surface area contributed by atoms with E-state index in [1.54, 1.807) is 11.3 Å². The minimum atomic E-state index is 0. The summed E-state index contributed by atoms with van der Waals surface area (Å²) in [6.07, 6.45) is 1.11. The summed E-state index contributed by atoms with van der Waals surface area (Å²) in [5, 5.41) is 12.8. The molecule has 2 N–H and O–H groups in total. The standard InChI is InChI=1S/C16H19BrN2OS.ClH/c17-15-5-4-14(21-15)11-19(8-9-20)10-13-3-1-2-12-6-7-18-16(12)13;/h1-5,18,20H,6-11H2;1H. The molecule has 1 aromatic carbocycles. The Bertz CT molecular complexity index is 620. The molecule has 0 amide bonds. The molecule has 0 saturated heterocycles. The topological polar surface area (TPSA) is 35.5 Å². The number of aliphatic hydroxyl groups excluding tert-OH is 1. The molecule has 2 aromatic rings. The van der Waals surface area contributed by atoms with Gasteiger partial charge in [-0.2, -0.15) is 0 Å². The van der Waals surface area contributed by atoms with Gasteiger partial charge in [0.1, 0.15) is 0 Å². The number of halogens is 2. The molecular formula is C16H20BrClN2OS. The van der Waals surface area contributed by atoms with Crippen LogP contribution in [0.4, 0.5) is 5.69 Å². The highest BCUT2D eigenvalue weighted by molar-refractivity contribution is 9.11. The zero-order chi connectivity index (χ0) is 14.7. The zero-order valence-electron chi connectivity index (χ0n) is 12.2. The van der Waals surface area contributed by atoms with Crippen LogP contribution in [0.5, 0.6) is 0 Å². The molecule has 3 rings (SSSR count). The van der Waals surface area contributed by atoms with Crippen LogP contribution < -0.4 is 5.32 Å². The van der Waals surface area contributed by atoms with Gasteiger partial charge in [-0.15, -0.1) is 23.7 Å². The van der Waals surface area contributed by atoms with Crippen molar-refractivity contribution in [2.45, 2.75) is 19.5 Å². The Kier molecular flexibility index (Phi) is 6.71. The van der Waals surface area contributed by atoms with Gasteiger partial charge in [-0.25, -0.2) is 0 Å². The Morgan fingerprint density at radius 2 is 2.09 bits per heavy atom. The summed E-state index contributed by atoms with van der Waals surface area (Å²) in [6, 6.07) is 10.8.